The van der Waals surface area contributed by atoms with Crippen LogP contribution in [0.1, 0.15) is 33.1 Å². The van der Waals surface area contributed by atoms with Gasteiger partial charge in [-0.15, -0.1) is 0 Å². The summed E-state index contributed by atoms with van der Waals surface area (Å²) in [4.78, 5) is 2.39. The highest BCUT2D eigenvalue weighted by Gasteiger charge is 2.19. The van der Waals surface area contributed by atoms with Crippen molar-refractivity contribution in [2.75, 3.05) is 33.2 Å². The van der Waals surface area contributed by atoms with Crippen LogP contribution in [0.25, 0.3) is 0 Å². The van der Waals surface area contributed by atoms with Gasteiger partial charge in [-0.25, -0.2) is 0 Å². The standard InChI is InChI=1S/C12H26N2O/c1-4-12(2,15)10-13-9-11-5-7-14(3)8-6-11/h11,13,15H,4-10H2,1-3H3. The third-order valence-corrected chi connectivity index (χ3v) is 3.54. The van der Waals surface area contributed by atoms with E-state index in [4.69, 9.17) is 0 Å². The normalized spacial score (nSPS) is 24.0. The molecule has 3 nitrogen and oxygen atoms in total. The zero-order valence-corrected chi connectivity index (χ0v) is 10.4. The molecule has 1 rings (SSSR count). The molecule has 1 fully saturated rings. The fraction of sp³-hybridized carbons (Fsp3) is 1.00. The van der Waals surface area contributed by atoms with Crippen LogP contribution in [-0.4, -0.2) is 48.8 Å². The van der Waals surface area contributed by atoms with E-state index in [0.717, 1.165) is 25.4 Å². The summed E-state index contributed by atoms with van der Waals surface area (Å²) in [6, 6.07) is 0. The smallest absolute Gasteiger partial charge is 0.0740 e. The van der Waals surface area contributed by atoms with Crippen molar-refractivity contribution in [3.63, 3.8) is 0 Å². The maximum Gasteiger partial charge on any atom is 0.0740 e. The Morgan fingerprint density at radius 3 is 2.53 bits per heavy atom. The minimum Gasteiger partial charge on any atom is -0.389 e. The summed E-state index contributed by atoms with van der Waals surface area (Å²) in [6.07, 6.45) is 3.39. The quantitative estimate of drug-likeness (QED) is 0.719. The summed E-state index contributed by atoms with van der Waals surface area (Å²) in [5.41, 5.74) is -0.536. The Bertz CT molecular complexity index is 174. The van der Waals surface area contributed by atoms with E-state index < -0.39 is 5.60 Å². The van der Waals surface area contributed by atoms with E-state index in [1.807, 2.05) is 13.8 Å². The molecule has 0 aromatic rings. The van der Waals surface area contributed by atoms with Crippen molar-refractivity contribution >= 4 is 0 Å². The number of piperidine rings is 1. The molecule has 1 atom stereocenters. The second-order valence-corrected chi connectivity index (χ2v) is 5.23. The molecule has 1 aliphatic heterocycles. The molecule has 1 heterocycles. The zero-order valence-electron chi connectivity index (χ0n) is 10.4. The number of hydrogen-bond acceptors (Lipinski definition) is 3. The van der Waals surface area contributed by atoms with Gasteiger partial charge in [0.05, 0.1) is 5.60 Å². The van der Waals surface area contributed by atoms with Crippen LogP contribution >= 0.6 is 0 Å². The molecular weight excluding hydrogens is 188 g/mol. The first-order valence-corrected chi connectivity index (χ1v) is 6.15. The highest BCUT2D eigenvalue weighted by Crippen LogP contribution is 2.15. The van der Waals surface area contributed by atoms with Crippen LogP contribution in [-0.2, 0) is 0 Å². The number of likely N-dealkylation sites (tertiary alicyclic amines) is 1. The molecule has 15 heavy (non-hydrogen) atoms. The Labute approximate surface area is 93.9 Å². The summed E-state index contributed by atoms with van der Waals surface area (Å²) in [5.74, 6) is 0.800. The molecule has 90 valence electrons. The Hall–Kier alpha value is -0.120. The minimum atomic E-state index is -0.536. The Morgan fingerprint density at radius 2 is 2.00 bits per heavy atom. The molecule has 1 aliphatic rings. The number of aliphatic hydroxyl groups is 1. The summed E-state index contributed by atoms with van der Waals surface area (Å²) in [5, 5.41) is 13.2. The van der Waals surface area contributed by atoms with Crippen LogP contribution in [0.5, 0.6) is 0 Å². The molecule has 0 radical (unpaired) electrons. The van der Waals surface area contributed by atoms with E-state index in [9.17, 15) is 5.11 Å². The number of nitrogens with zero attached hydrogens (tertiary/aromatic N) is 1. The third kappa shape index (κ3) is 4.96. The highest BCUT2D eigenvalue weighted by molar-refractivity contribution is 4.76. The monoisotopic (exact) mass is 214 g/mol. The fourth-order valence-electron chi connectivity index (χ4n) is 1.94. The van der Waals surface area contributed by atoms with Gasteiger partial charge in [0.25, 0.3) is 0 Å². The third-order valence-electron chi connectivity index (χ3n) is 3.54. The highest BCUT2D eigenvalue weighted by atomic mass is 16.3. The first-order valence-electron chi connectivity index (χ1n) is 6.15. The molecule has 1 saturated heterocycles. The van der Waals surface area contributed by atoms with Gasteiger partial charge in [0.15, 0.2) is 0 Å². The zero-order chi connectivity index (χ0) is 11.3. The van der Waals surface area contributed by atoms with Gasteiger partial charge in [-0.05, 0) is 58.8 Å². The summed E-state index contributed by atoms with van der Waals surface area (Å²) >= 11 is 0. The first kappa shape index (κ1) is 12.9. The van der Waals surface area contributed by atoms with Gasteiger partial charge in [-0.1, -0.05) is 6.92 Å². The minimum absolute atomic E-state index is 0.536. The van der Waals surface area contributed by atoms with Crippen molar-refractivity contribution in [3.05, 3.63) is 0 Å². The van der Waals surface area contributed by atoms with Crippen molar-refractivity contribution in [1.29, 1.82) is 0 Å². The first-order chi connectivity index (χ1) is 7.03. The summed E-state index contributed by atoms with van der Waals surface area (Å²) in [7, 11) is 2.19. The van der Waals surface area contributed by atoms with E-state index >= 15 is 0 Å². The molecule has 0 spiro atoms. The van der Waals surface area contributed by atoms with Gasteiger partial charge < -0.3 is 15.3 Å². The number of nitrogens with one attached hydrogen (secondary N) is 1. The Balaban J connectivity index is 2.10. The van der Waals surface area contributed by atoms with Crippen LogP contribution in [0.4, 0.5) is 0 Å². The molecule has 0 aliphatic carbocycles. The van der Waals surface area contributed by atoms with Gasteiger partial charge in [0.2, 0.25) is 0 Å². The molecule has 2 N–H and O–H groups in total. The molecule has 0 aromatic heterocycles. The Morgan fingerprint density at radius 1 is 1.40 bits per heavy atom. The molecule has 0 aromatic carbocycles. The van der Waals surface area contributed by atoms with E-state index in [2.05, 4.69) is 17.3 Å². The maximum absolute atomic E-state index is 9.82. The summed E-state index contributed by atoms with van der Waals surface area (Å²) in [6.45, 7) is 8.14. The molecule has 0 bridgehead atoms. The van der Waals surface area contributed by atoms with Crippen LogP contribution in [0, 0.1) is 5.92 Å². The fourth-order valence-corrected chi connectivity index (χ4v) is 1.94. The molecule has 0 amide bonds. The van der Waals surface area contributed by atoms with Gasteiger partial charge in [-0.3, -0.25) is 0 Å². The molecule has 0 saturated carbocycles. The predicted molar refractivity (Wildman–Crippen MR) is 64.0 cm³/mol. The molecule has 3 heteroatoms. The Kier molecular flexibility index (Phi) is 5.03. The van der Waals surface area contributed by atoms with E-state index in [0.29, 0.717) is 0 Å². The van der Waals surface area contributed by atoms with Crippen molar-refractivity contribution in [3.8, 4) is 0 Å². The number of rotatable bonds is 5. The van der Waals surface area contributed by atoms with Crippen LogP contribution in [0.3, 0.4) is 0 Å². The van der Waals surface area contributed by atoms with E-state index in [1.54, 1.807) is 0 Å². The van der Waals surface area contributed by atoms with E-state index in [1.165, 1.54) is 25.9 Å². The van der Waals surface area contributed by atoms with Crippen molar-refractivity contribution in [2.45, 2.75) is 38.7 Å². The van der Waals surface area contributed by atoms with Gasteiger partial charge in [0.1, 0.15) is 0 Å². The van der Waals surface area contributed by atoms with Gasteiger partial charge in [0, 0.05) is 6.54 Å². The maximum atomic E-state index is 9.82. The second-order valence-electron chi connectivity index (χ2n) is 5.23. The predicted octanol–water partition coefficient (Wildman–Crippen LogP) is 1.08. The van der Waals surface area contributed by atoms with Crippen LogP contribution < -0.4 is 5.32 Å². The van der Waals surface area contributed by atoms with Crippen molar-refractivity contribution in [2.24, 2.45) is 5.92 Å². The lowest BCUT2D eigenvalue weighted by Crippen LogP contribution is -2.41. The average molecular weight is 214 g/mol. The topological polar surface area (TPSA) is 35.5 Å². The lowest BCUT2D eigenvalue weighted by atomic mass is 9.96. The summed E-state index contributed by atoms with van der Waals surface area (Å²) < 4.78 is 0. The van der Waals surface area contributed by atoms with Gasteiger partial charge in [-0.2, -0.15) is 0 Å². The number of hydrogen-bond donors (Lipinski definition) is 2. The molecular formula is C12H26N2O. The van der Waals surface area contributed by atoms with Crippen molar-refractivity contribution in [1.82, 2.24) is 10.2 Å². The molecule has 1 unspecified atom stereocenters. The van der Waals surface area contributed by atoms with Crippen LogP contribution in [0.15, 0.2) is 0 Å². The second kappa shape index (κ2) is 5.83. The van der Waals surface area contributed by atoms with Crippen LogP contribution in [0.2, 0.25) is 0 Å². The van der Waals surface area contributed by atoms with E-state index in [-0.39, 0.29) is 0 Å². The van der Waals surface area contributed by atoms with Gasteiger partial charge >= 0.3 is 0 Å². The SMILES string of the molecule is CCC(C)(O)CNCC1CCN(C)CC1. The largest absolute Gasteiger partial charge is 0.389 e. The lowest BCUT2D eigenvalue weighted by molar-refractivity contribution is 0.0539. The van der Waals surface area contributed by atoms with Crippen molar-refractivity contribution < 1.29 is 5.11 Å². The lowest BCUT2D eigenvalue weighted by Gasteiger charge is -2.30. The average Bonchev–Trinajstić information content (AvgIpc) is 2.21.